The van der Waals surface area contributed by atoms with E-state index in [0.717, 1.165) is 12.1 Å². The van der Waals surface area contributed by atoms with Crippen LogP contribution in [0.5, 0.6) is 11.5 Å². The number of nitrogens with one attached hydrogen (secondary N) is 1. The maximum absolute atomic E-state index is 11.9. The van der Waals surface area contributed by atoms with Gasteiger partial charge in [0, 0.05) is 11.6 Å². The number of nitro benzene ring substituents is 2. The van der Waals surface area contributed by atoms with Gasteiger partial charge in [-0.05, 0) is 48.0 Å². The highest BCUT2D eigenvalue weighted by atomic mass is 16.6. The van der Waals surface area contributed by atoms with E-state index in [2.05, 4.69) is 10.5 Å². The summed E-state index contributed by atoms with van der Waals surface area (Å²) in [6, 6.07) is 18.1. The molecule has 10 nitrogen and oxygen atoms in total. The Bertz CT molecular complexity index is 1110. The largest absolute Gasteiger partial charge is 0.450 e. The molecule has 0 aromatic heterocycles. The van der Waals surface area contributed by atoms with Crippen molar-refractivity contribution in [1.82, 2.24) is 5.43 Å². The van der Waals surface area contributed by atoms with Crippen LogP contribution < -0.4 is 10.2 Å². The molecule has 0 bridgehead atoms. The molecular formula is C20H14N4O6. The van der Waals surface area contributed by atoms with Gasteiger partial charge in [0.15, 0.2) is 0 Å². The average Bonchev–Trinajstić information content (AvgIpc) is 2.75. The van der Waals surface area contributed by atoms with E-state index in [4.69, 9.17) is 4.74 Å². The van der Waals surface area contributed by atoms with Gasteiger partial charge in [0.05, 0.1) is 22.1 Å². The molecule has 0 heterocycles. The molecule has 0 spiro atoms. The number of ether oxygens (including phenoxy) is 1. The minimum Gasteiger partial charge on any atom is -0.450 e. The van der Waals surface area contributed by atoms with E-state index in [9.17, 15) is 25.0 Å². The van der Waals surface area contributed by atoms with Crippen LogP contribution in [0.4, 0.5) is 11.4 Å². The molecule has 0 aliphatic rings. The van der Waals surface area contributed by atoms with Crippen molar-refractivity contribution in [2.75, 3.05) is 0 Å². The average molecular weight is 406 g/mol. The van der Waals surface area contributed by atoms with E-state index in [1.807, 2.05) is 0 Å². The smallest absolute Gasteiger partial charge is 0.318 e. The van der Waals surface area contributed by atoms with Crippen LogP contribution in [0.15, 0.2) is 77.9 Å². The molecule has 1 amide bonds. The Kier molecular flexibility index (Phi) is 6.08. The Hall–Kier alpha value is -4.60. The minimum atomic E-state index is -0.751. The third kappa shape index (κ3) is 5.01. The molecule has 0 fully saturated rings. The molecule has 3 rings (SSSR count). The standard InChI is InChI=1S/C20H14N4O6/c25-20(15-4-2-1-3-5-15)22-21-13-14-6-9-17(10-7-14)30-19-11-8-16(23(26)27)12-18(19)24(28)29/h1-13H,(H,22,25)/b21-13+. The van der Waals surface area contributed by atoms with Crippen LogP contribution in [0.25, 0.3) is 0 Å². The van der Waals surface area contributed by atoms with Gasteiger partial charge in [-0.15, -0.1) is 0 Å². The number of non-ortho nitro benzene ring substituents is 1. The number of nitrogens with zero attached hydrogens (tertiary/aromatic N) is 3. The first kappa shape index (κ1) is 20.1. The highest BCUT2D eigenvalue weighted by molar-refractivity contribution is 5.94. The quantitative estimate of drug-likeness (QED) is 0.357. The predicted octanol–water partition coefficient (Wildman–Crippen LogP) is 4.06. The zero-order valence-electron chi connectivity index (χ0n) is 15.3. The predicted molar refractivity (Wildman–Crippen MR) is 108 cm³/mol. The van der Waals surface area contributed by atoms with Crippen molar-refractivity contribution in [1.29, 1.82) is 0 Å². The number of amides is 1. The topological polar surface area (TPSA) is 137 Å². The second-order valence-corrected chi connectivity index (χ2v) is 5.90. The van der Waals surface area contributed by atoms with E-state index < -0.39 is 21.2 Å². The number of benzene rings is 3. The molecule has 0 aliphatic carbocycles. The lowest BCUT2D eigenvalue weighted by molar-refractivity contribution is -0.394. The van der Waals surface area contributed by atoms with Crippen molar-refractivity contribution in [3.05, 3.63) is 104 Å². The molecule has 0 aliphatic heterocycles. The molecule has 30 heavy (non-hydrogen) atoms. The van der Waals surface area contributed by atoms with Crippen LogP contribution in [-0.4, -0.2) is 22.0 Å². The van der Waals surface area contributed by atoms with Gasteiger partial charge in [0.2, 0.25) is 5.75 Å². The molecular weight excluding hydrogens is 392 g/mol. The van der Waals surface area contributed by atoms with Gasteiger partial charge in [-0.25, -0.2) is 5.43 Å². The summed E-state index contributed by atoms with van der Waals surface area (Å²) in [6.07, 6.45) is 1.43. The van der Waals surface area contributed by atoms with Gasteiger partial charge >= 0.3 is 5.69 Å². The first-order chi connectivity index (χ1) is 14.4. The molecule has 1 N–H and O–H groups in total. The summed E-state index contributed by atoms with van der Waals surface area (Å²) in [5, 5.41) is 25.8. The lowest BCUT2D eigenvalue weighted by Gasteiger charge is -2.06. The first-order valence-electron chi connectivity index (χ1n) is 8.53. The highest BCUT2D eigenvalue weighted by Crippen LogP contribution is 2.34. The van der Waals surface area contributed by atoms with Crippen molar-refractivity contribution in [3.8, 4) is 11.5 Å². The summed E-state index contributed by atoms with van der Waals surface area (Å²) < 4.78 is 5.48. The molecule has 3 aromatic rings. The molecule has 0 atom stereocenters. The maximum atomic E-state index is 11.9. The fourth-order valence-corrected chi connectivity index (χ4v) is 2.42. The Morgan fingerprint density at radius 2 is 1.63 bits per heavy atom. The second-order valence-electron chi connectivity index (χ2n) is 5.90. The summed E-state index contributed by atoms with van der Waals surface area (Å²) in [5.74, 6) is -0.183. The molecule has 0 saturated carbocycles. The Morgan fingerprint density at radius 3 is 2.27 bits per heavy atom. The van der Waals surface area contributed by atoms with Crippen molar-refractivity contribution in [3.63, 3.8) is 0 Å². The van der Waals surface area contributed by atoms with E-state index in [1.165, 1.54) is 12.3 Å². The number of rotatable bonds is 7. The SMILES string of the molecule is O=C(N/N=C/c1ccc(Oc2ccc([N+](=O)[O-])cc2[N+](=O)[O-])cc1)c1ccccc1. The lowest BCUT2D eigenvalue weighted by Crippen LogP contribution is -2.17. The Balaban J connectivity index is 1.67. The number of carbonyl (C=O) groups excluding carboxylic acids is 1. The van der Waals surface area contributed by atoms with Crippen molar-refractivity contribution in [2.24, 2.45) is 5.10 Å². The van der Waals surface area contributed by atoms with E-state index in [-0.39, 0.29) is 17.4 Å². The van der Waals surface area contributed by atoms with Crippen LogP contribution in [0.3, 0.4) is 0 Å². The molecule has 150 valence electrons. The summed E-state index contributed by atoms with van der Waals surface area (Å²) in [6.45, 7) is 0. The van der Waals surface area contributed by atoms with Crippen LogP contribution >= 0.6 is 0 Å². The lowest BCUT2D eigenvalue weighted by atomic mass is 10.2. The molecule has 10 heteroatoms. The summed E-state index contributed by atoms with van der Waals surface area (Å²) in [5.41, 5.74) is 2.61. The molecule has 3 aromatic carbocycles. The van der Waals surface area contributed by atoms with Crippen LogP contribution in [0.1, 0.15) is 15.9 Å². The van der Waals surface area contributed by atoms with Gasteiger partial charge in [-0.1, -0.05) is 18.2 Å². The number of hydrogen-bond donors (Lipinski definition) is 1. The van der Waals surface area contributed by atoms with Gasteiger partial charge < -0.3 is 4.74 Å². The highest BCUT2D eigenvalue weighted by Gasteiger charge is 2.21. The van der Waals surface area contributed by atoms with E-state index >= 15 is 0 Å². The number of hydrazone groups is 1. The Morgan fingerprint density at radius 1 is 0.933 bits per heavy atom. The second kappa shape index (κ2) is 9.06. The van der Waals surface area contributed by atoms with Gasteiger partial charge in [-0.2, -0.15) is 5.10 Å². The fraction of sp³-hybridized carbons (Fsp3) is 0. The van der Waals surface area contributed by atoms with Crippen molar-refractivity contribution < 1.29 is 19.4 Å². The third-order valence-electron chi connectivity index (χ3n) is 3.87. The van der Waals surface area contributed by atoms with Gasteiger partial charge in [-0.3, -0.25) is 25.0 Å². The monoisotopic (exact) mass is 406 g/mol. The minimum absolute atomic E-state index is 0.123. The normalized spacial score (nSPS) is 10.5. The molecule has 0 unspecified atom stereocenters. The van der Waals surface area contributed by atoms with Crippen LogP contribution in [0, 0.1) is 20.2 Å². The van der Waals surface area contributed by atoms with Gasteiger partial charge in [0.25, 0.3) is 11.6 Å². The maximum Gasteiger partial charge on any atom is 0.318 e. The van der Waals surface area contributed by atoms with E-state index in [1.54, 1.807) is 54.6 Å². The number of hydrogen-bond acceptors (Lipinski definition) is 7. The number of carbonyl (C=O) groups is 1. The summed E-state index contributed by atoms with van der Waals surface area (Å²) in [7, 11) is 0. The Labute approximate surface area is 169 Å². The van der Waals surface area contributed by atoms with Crippen molar-refractivity contribution >= 4 is 23.5 Å². The first-order valence-corrected chi connectivity index (χ1v) is 8.53. The van der Waals surface area contributed by atoms with Crippen molar-refractivity contribution in [2.45, 2.75) is 0 Å². The van der Waals surface area contributed by atoms with Crippen LogP contribution in [0.2, 0.25) is 0 Å². The van der Waals surface area contributed by atoms with Crippen LogP contribution in [-0.2, 0) is 0 Å². The number of nitro groups is 2. The van der Waals surface area contributed by atoms with Gasteiger partial charge in [0.1, 0.15) is 5.75 Å². The molecule has 0 saturated heterocycles. The fourth-order valence-electron chi connectivity index (χ4n) is 2.42. The van der Waals surface area contributed by atoms with E-state index in [0.29, 0.717) is 11.1 Å². The molecule has 0 radical (unpaired) electrons. The zero-order chi connectivity index (χ0) is 21.5. The third-order valence-corrected chi connectivity index (χ3v) is 3.87. The zero-order valence-corrected chi connectivity index (χ0v) is 15.3. The summed E-state index contributed by atoms with van der Waals surface area (Å²) >= 11 is 0. The summed E-state index contributed by atoms with van der Waals surface area (Å²) in [4.78, 5) is 32.4.